The molecule has 0 spiro atoms. The maximum absolute atomic E-state index is 5.48. The van der Waals surface area contributed by atoms with Crippen molar-refractivity contribution in [2.75, 3.05) is 41.8 Å². The van der Waals surface area contributed by atoms with Gasteiger partial charge in [-0.15, -0.1) is 0 Å². The van der Waals surface area contributed by atoms with E-state index in [0.717, 1.165) is 30.9 Å². The van der Waals surface area contributed by atoms with Gasteiger partial charge in [0.1, 0.15) is 0 Å². The van der Waals surface area contributed by atoms with Crippen LogP contribution >= 0.6 is 0 Å². The summed E-state index contributed by atoms with van der Waals surface area (Å²) in [5.74, 6) is 1.70. The lowest BCUT2D eigenvalue weighted by Gasteiger charge is -2.27. The van der Waals surface area contributed by atoms with E-state index in [0.29, 0.717) is 31.1 Å². The lowest BCUT2D eigenvalue weighted by atomic mass is 10.1. The molecule has 1 fully saturated rings. The number of rotatable bonds is 6. The van der Waals surface area contributed by atoms with Crippen LogP contribution in [0.3, 0.4) is 0 Å². The Morgan fingerprint density at radius 3 is 2.37 bits per heavy atom. The second-order valence-electron chi connectivity index (χ2n) is 7.44. The third-order valence-corrected chi connectivity index (χ3v) is 5.33. The minimum Gasteiger partial charge on any atom is -0.378 e. The Balaban J connectivity index is 1.67. The zero-order valence-electron chi connectivity index (χ0n) is 17.8. The Kier molecular flexibility index (Phi) is 6.09. The van der Waals surface area contributed by atoms with E-state index in [-0.39, 0.29) is 0 Å². The molecular weight excluding hydrogens is 376 g/mol. The Morgan fingerprint density at radius 1 is 0.900 bits per heavy atom. The Morgan fingerprint density at radius 2 is 1.63 bits per heavy atom. The predicted octanol–water partition coefficient (Wildman–Crippen LogP) is 4.37. The largest absolute Gasteiger partial charge is 0.378 e. The van der Waals surface area contributed by atoms with Gasteiger partial charge >= 0.3 is 0 Å². The fraction of sp³-hybridized carbons (Fsp3) is 0.348. The van der Waals surface area contributed by atoms with Crippen molar-refractivity contribution in [2.24, 2.45) is 0 Å². The molecule has 0 amide bonds. The standard InChI is InChI=1S/C23H28N6O/c1-4-18-7-5-6-8-20(18)25-22-26-21(24-19-10-9-16(2)17(3)15-19)27-23(28-22)29-11-13-30-14-12-29/h5-10,15H,4,11-14H2,1-3H3,(H2,24,25,26,27,28). The topological polar surface area (TPSA) is 75.2 Å². The Hall–Kier alpha value is -3.19. The number of benzene rings is 2. The Labute approximate surface area is 177 Å². The summed E-state index contributed by atoms with van der Waals surface area (Å²) in [4.78, 5) is 16.2. The third-order valence-electron chi connectivity index (χ3n) is 5.33. The second-order valence-corrected chi connectivity index (χ2v) is 7.44. The summed E-state index contributed by atoms with van der Waals surface area (Å²) >= 11 is 0. The Bertz CT molecular complexity index is 1020. The van der Waals surface area contributed by atoms with Gasteiger partial charge in [-0.1, -0.05) is 31.2 Å². The number of aromatic nitrogens is 3. The molecule has 7 nitrogen and oxygen atoms in total. The summed E-state index contributed by atoms with van der Waals surface area (Å²) in [6.45, 7) is 9.21. The van der Waals surface area contributed by atoms with Gasteiger partial charge in [-0.25, -0.2) is 0 Å². The summed E-state index contributed by atoms with van der Waals surface area (Å²) in [6.07, 6.45) is 0.929. The van der Waals surface area contributed by atoms with Gasteiger partial charge in [0.2, 0.25) is 17.8 Å². The van der Waals surface area contributed by atoms with Gasteiger partial charge in [-0.3, -0.25) is 0 Å². The molecule has 1 aliphatic rings. The van der Waals surface area contributed by atoms with Gasteiger partial charge in [-0.05, 0) is 55.2 Å². The van der Waals surface area contributed by atoms with Crippen molar-refractivity contribution in [1.82, 2.24) is 15.0 Å². The number of morpholine rings is 1. The molecule has 2 N–H and O–H groups in total. The lowest BCUT2D eigenvalue weighted by molar-refractivity contribution is 0.122. The van der Waals surface area contributed by atoms with Gasteiger partial charge in [-0.2, -0.15) is 15.0 Å². The van der Waals surface area contributed by atoms with Crippen LogP contribution in [0.1, 0.15) is 23.6 Å². The van der Waals surface area contributed by atoms with Crippen molar-refractivity contribution >= 4 is 29.2 Å². The SMILES string of the molecule is CCc1ccccc1Nc1nc(Nc2ccc(C)c(C)c2)nc(N2CCOCC2)n1. The highest BCUT2D eigenvalue weighted by Crippen LogP contribution is 2.24. The van der Waals surface area contributed by atoms with Gasteiger partial charge in [0.05, 0.1) is 13.2 Å². The lowest BCUT2D eigenvalue weighted by Crippen LogP contribution is -2.37. The van der Waals surface area contributed by atoms with Crippen LogP contribution in [-0.4, -0.2) is 41.3 Å². The molecule has 0 unspecified atom stereocenters. The summed E-state index contributed by atoms with van der Waals surface area (Å²) in [5, 5.41) is 6.74. The minimum absolute atomic E-state index is 0.520. The molecule has 30 heavy (non-hydrogen) atoms. The first kappa shape index (κ1) is 20.1. The molecule has 156 valence electrons. The molecule has 1 aliphatic heterocycles. The fourth-order valence-corrected chi connectivity index (χ4v) is 3.40. The number of para-hydroxylation sites is 1. The molecular formula is C23H28N6O. The van der Waals surface area contributed by atoms with Crippen LogP contribution in [0.25, 0.3) is 0 Å². The quantitative estimate of drug-likeness (QED) is 0.632. The van der Waals surface area contributed by atoms with E-state index >= 15 is 0 Å². The van der Waals surface area contributed by atoms with Crippen molar-refractivity contribution in [1.29, 1.82) is 0 Å². The van der Waals surface area contributed by atoms with Crippen LogP contribution in [0.4, 0.5) is 29.2 Å². The summed E-state index contributed by atoms with van der Waals surface area (Å²) in [7, 11) is 0. The molecule has 0 atom stereocenters. The van der Waals surface area contributed by atoms with Gasteiger partial charge in [0.25, 0.3) is 0 Å². The van der Waals surface area contributed by atoms with E-state index < -0.39 is 0 Å². The average Bonchev–Trinajstić information content (AvgIpc) is 2.77. The summed E-state index contributed by atoms with van der Waals surface area (Å²) < 4.78 is 5.48. The first-order valence-electron chi connectivity index (χ1n) is 10.4. The number of anilines is 5. The monoisotopic (exact) mass is 404 g/mol. The van der Waals surface area contributed by atoms with Crippen molar-refractivity contribution in [2.45, 2.75) is 27.2 Å². The van der Waals surface area contributed by atoms with Gasteiger partial charge in [0, 0.05) is 24.5 Å². The van der Waals surface area contributed by atoms with Crippen molar-refractivity contribution < 1.29 is 4.74 Å². The van der Waals surface area contributed by atoms with Gasteiger partial charge < -0.3 is 20.3 Å². The smallest absolute Gasteiger partial charge is 0.233 e. The van der Waals surface area contributed by atoms with E-state index in [1.807, 2.05) is 24.3 Å². The van der Waals surface area contributed by atoms with E-state index in [1.54, 1.807) is 0 Å². The number of hydrogen-bond donors (Lipinski definition) is 2. The van der Waals surface area contributed by atoms with Crippen LogP contribution in [-0.2, 0) is 11.2 Å². The fourth-order valence-electron chi connectivity index (χ4n) is 3.40. The van der Waals surface area contributed by atoms with Crippen molar-refractivity contribution in [3.05, 3.63) is 59.2 Å². The second kappa shape index (κ2) is 9.09. The molecule has 1 saturated heterocycles. The van der Waals surface area contributed by atoms with E-state index in [4.69, 9.17) is 9.72 Å². The molecule has 7 heteroatoms. The number of hydrogen-bond acceptors (Lipinski definition) is 7. The minimum atomic E-state index is 0.520. The first-order valence-corrected chi connectivity index (χ1v) is 10.4. The zero-order valence-corrected chi connectivity index (χ0v) is 17.8. The summed E-state index contributed by atoms with van der Waals surface area (Å²) in [5.41, 5.74) is 5.66. The van der Waals surface area contributed by atoms with Crippen LogP contribution in [0.15, 0.2) is 42.5 Å². The van der Waals surface area contributed by atoms with E-state index in [1.165, 1.54) is 16.7 Å². The maximum Gasteiger partial charge on any atom is 0.233 e. The first-order chi connectivity index (χ1) is 14.6. The molecule has 4 rings (SSSR count). The highest BCUT2D eigenvalue weighted by atomic mass is 16.5. The van der Waals surface area contributed by atoms with E-state index in [9.17, 15) is 0 Å². The van der Waals surface area contributed by atoms with Crippen LogP contribution in [0.2, 0.25) is 0 Å². The molecule has 0 radical (unpaired) electrons. The van der Waals surface area contributed by atoms with E-state index in [2.05, 4.69) is 64.5 Å². The zero-order chi connectivity index (χ0) is 20.9. The summed E-state index contributed by atoms with van der Waals surface area (Å²) in [6, 6.07) is 14.5. The third kappa shape index (κ3) is 4.68. The maximum atomic E-state index is 5.48. The van der Waals surface area contributed by atoms with Crippen molar-refractivity contribution in [3.8, 4) is 0 Å². The number of aryl methyl sites for hydroxylation is 3. The molecule has 0 bridgehead atoms. The van der Waals surface area contributed by atoms with Crippen molar-refractivity contribution in [3.63, 3.8) is 0 Å². The predicted molar refractivity (Wildman–Crippen MR) is 121 cm³/mol. The highest BCUT2D eigenvalue weighted by molar-refractivity contribution is 5.62. The normalized spacial score (nSPS) is 13.9. The number of nitrogens with zero attached hydrogens (tertiary/aromatic N) is 4. The molecule has 1 aromatic heterocycles. The molecule has 0 aliphatic carbocycles. The molecule has 2 heterocycles. The number of ether oxygens (including phenoxy) is 1. The van der Waals surface area contributed by atoms with Crippen LogP contribution in [0.5, 0.6) is 0 Å². The van der Waals surface area contributed by atoms with Crippen LogP contribution < -0.4 is 15.5 Å². The number of nitrogens with one attached hydrogen (secondary N) is 2. The average molecular weight is 405 g/mol. The molecule has 0 saturated carbocycles. The van der Waals surface area contributed by atoms with Gasteiger partial charge in [0.15, 0.2) is 0 Å². The highest BCUT2D eigenvalue weighted by Gasteiger charge is 2.17. The molecule has 2 aromatic carbocycles. The van der Waals surface area contributed by atoms with Crippen LogP contribution in [0, 0.1) is 13.8 Å². The molecule has 3 aromatic rings.